The predicted molar refractivity (Wildman–Crippen MR) is 115 cm³/mol. The first-order valence-corrected chi connectivity index (χ1v) is 10.1. The Bertz CT molecular complexity index is 1180. The van der Waals surface area contributed by atoms with Crippen LogP contribution in [0.3, 0.4) is 0 Å². The summed E-state index contributed by atoms with van der Waals surface area (Å²) in [4.78, 5) is 18.7. The Morgan fingerprint density at radius 2 is 2.00 bits per heavy atom. The number of carbonyl (C=O) groups excluding carboxylic acids is 1. The molecule has 0 atom stereocenters. The summed E-state index contributed by atoms with van der Waals surface area (Å²) in [7, 11) is 1.77. The number of carbonyl (C=O) groups is 1. The van der Waals surface area contributed by atoms with Crippen molar-refractivity contribution in [2.24, 2.45) is 7.05 Å². The highest BCUT2D eigenvalue weighted by molar-refractivity contribution is 6.04. The summed E-state index contributed by atoms with van der Waals surface area (Å²) < 4.78 is 34.4. The van der Waals surface area contributed by atoms with Gasteiger partial charge in [-0.15, -0.1) is 0 Å². The first-order chi connectivity index (χ1) is 15.4. The Morgan fingerprint density at radius 3 is 2.66 bits per heavy atom. The Hall–Kier alpha value is -3.93. The number of halogens is 2. The van der Waals surface area contributed by atoms with Gasteiger partial charge in [-0.1, -0.05) is 0 Å². The van der Waals surface area contributed by atoms with Gasteiger partial charge in [0.15, 0.2) is 11.6 Å². The number of amides is 1. The largest absolute Gasteiger partial charge is 0.487 e. The van der Waals surface area contributed by atoms with Gasteiger partial charge in [-0.2, -0.15) is 5.26 Å². The molecule has 1 fully saturated rings. The monoisotopic (exact) mass is 437 g/mol. The summed E-state index contributed by atoms with van der Waals surface area (Å²) >= 11 is 0. The zero-order chi connectivity index (χ0) is 22.7. The average molecular weight is 437 g/mol. The number of nitriles is 1. The number of nitrogens with one attached hydrogen (secondary N) is 1. The molecule has 164 valence electrons. The van der Waals surface area contributed by atoms with Gasteiger partial charge in [0.2, 0.25) is 0 Å². The molecule has 1 aromatic heterocycles. The zero-order valence-electron chi connectivity index (χ0n) is 17.4. The number of piperidine rings is 1. The van der Waals surface area contributed by atoms with E-state index in [1.165, 1.54) is 18.5 Å². The van der Waals surface area contributed by atoms with Crippen molar-refractivity contribution in [3.63, 3.8) is 0 Å². The third kappa shape index (κ3) is 4.70. The summed E-state index contributed by atoms with van der Waals surface area (Å²) in [6, 6.07) is 10.5. The fourth-order valence-electron chi connectivity index (χ4n) is 3.66. The van der Waals surface area contributed by atoms with E-state index in [1.807, 2.05) is 0 Å². The lowest BCUT2D eigenvalue weighted by Gasteiger charge is -2.34. The van der Waals surface area contributed by atoms with Crippen LogP contribution in [0.2, 0.25) is 0 Å². The van der Waals surface area contributed by atoms with Crippen LogP contribution in [0.1, 0.15) is 28.9 Å². The number of benzene rings is 2. The third-order valence-electron chi connectivity index (χ3n) is 5.28. The number of hydrogen-bond donors (Lipinski definition) is 1. The molecule has 0 aliphatic carbocycles. The van der Waals surface area contributed by atoms with Gasteiger partial charge in [-0.05, 0) is 30.3 Å². The van der Waals surface area contributed by atoms with Crippen LogP contribution in [0.5, 0.6) is 5.75 Å². The maximum atomic E-state index is 13.9. The number of aromatic nitrogens is 2. The molecule has 0 unspecified atom stereocenters. The van der Waals surface area contributed by atoms with Crippen LogP contribution >= 0.6 is 0 Å². The number of ether oxygens (including phenoxy) is 1. The summed E-state index contributed by atoms with van der Waals surface area (Å²) in [6.45, 7) is 1.21. The molecule has 1 aliphatic heterocycles. The minimum Gasteiger partial charge on any atom is -0.487 e. The first kappa shape index (κ1) is 21.3. The molecule has 32 heavy (non-hydrogen) atoms. The van der Waals surface area contributed by atoms with E-state index in [2.05, 4.69) is 21.3 Å². The minimum absolute atomic E-state index is 0.0338. The molecule has 7 nitrogen and oxygen atoms in total. The number of aryl methyl sites for hydroxylation is 1. The number of anilines is 2. The first-order valence-electron chi connectivity index (χ1n) is 10.1. The van der Waals surface area contributed by atoms with Gasteiger partial charge in [-0.3, -0.25) is 4.79 Å². The van der Waals surface area contributed by atoms with Gasteiger partial charge in [0.05, 0.1) is 29.3 Å². The fraction of sp³-hybridized carbons (Fsp3) is 0.261. The molecule has 1 saturated heterocycles. The van der Waals surface area contributed by atoms with E-state index in [4.69, 9.17) is 4.74 Å². The second-order valence-electron chi connectivity index (χ2n) is 7.60. The maximum absolute atomic E-state index is 13.9. The summed E-state index contributed by atoms with van der Waals surface area (Å²) in [5, 5.41) is 12.1. The fourth-order valence-corrected chi connectivity index (χ4v) is 3.66. The highest BCUT2D eigenvalue weighted by Gasteiger charge is 2.24. The topological polar surface area (TPSA) is 83.2 Å². The van der Waals surface area contributed by atoms with Crippen LogP contribution in [0, 0.1) is 23.0 Å². The molecule has 0 radical (unpaired) electrons. The van der Waals surface area contributed by atoms with Crippen LogP contribution in [0.25, 0.3) is 0 Å². The lowest BCUT2D eigenvalue weighted by Crippen LogP contribution is -2.38. The molecule has 0 spiro atoms. The average Bonchev–Trinajstić information content (AvgIpc) is 3.23. The smallest absolute Gasteiger partial charge is 0.275 e. The SMILES string of the molecule is Cn1cnc(C(=O)Nc2cc(C#N)ccc2N2CCC(Oc3ccc(F)cc3F)CC2)c1. The third-order valence-corrected chi connectivity index (χ3v) is 5.28. The van der Waals surface area contributed by atoms with E-state index in [1.54, 1.807) is 36.0 Å². The van der Waals surface area contributed by atoms with Gasteiger partial charge in [0.1, 0.15) is 17.6 Å². The second-order valence-corrected chi connectivity index (χ2v) is 7.60. The maximum Gasteiger partial charge on any atom is 0.275 e. The Balaban J connectivity index is 1.46. The van der Waals surface area contributed by atoms with E-state index in [-0.39, 0.29) is 23.5 Å². The normalized spacial score (nSPS) is 14.1. The van der Waals surface area contributed by atoms with Crippen molar-refractivity contribution in [2.45, 2.75) is 18.9 Å². The highest BCUT2D eigenvalue weighted by atomic mass is 19.1. The van der Waals surface area contributed by atoms with Crippen molar-refractivity contribution in [3.8, 4) is 11.8 Å². The van der Waals surface area contributed by atoms with E-state index in [9.17, 15) is 18.8 Å². The molecule has 0 bridgehead atoms. The van der Waals surface area contributed by atoms with Crippen molar-refractivity contribution in [1.82, 2.24) is 9.55 Å². The molecular formula is C23H21F2N5O2. The Morgan fingerprint density at radius 1 is 1.22 bits per heavy atom. The summed E-state index contributed by atoms with van der Waals surface area (Å²) in [5.41, 5.74) is 1.99. The number of imidazole rings is 1. The number of rotatable bonds is 5. The highest BCUT2D eigenvalue weighted by Crippen LogP contribution is 2.31. The molecule has 4 rings (SSSR count). The van der Waals surface area contributed by atoms with Crippen LogP contribution in [-0.2, 0) is 7.05 Å². The van der Waals surface area contributed by atoms with Crippen molar-refractivity contribution in [1.29, 1.82) is 5.26 Å². The van der Waals surface area contributed by atoms with E-state index >= 15 is 0 Å². The van der Waals surface area contributed by atoms with Crippen molar-refractivity contribution in [2.75, 3.05) is 23.3 Å². The molecule has 2 aromatic carbocycles. The lowest BCUT2D eigenvalue weighted by atomic mass is 10.1. The van der Waals surface area contributed by atoms with Gasteiger partial charge < -0.3 is 19.5 Å². The van der Waals surface area contributed by atoms with Gasteiger partial charge in [-0.25, -0.2) is 13.8 Å². The second kappa shape index (κ2) is 9.06. The lowest BCUT2D eigenvalue weighted by molar-refractivity contribution is 0.102. The van der Waals surface area contributed by atoms with Crippen molar-refractivity contribution >= 4 is 17.3 Å². The molecule has 0 saturated carbocycles. The predicted octanol–water partition coefficient (Wildman–Crippen LogP) is 3.87. The van der Waals surface area contributed by atoms with Crippen molar-refractivity contribution < 1.29 is 18.3 Å². The quantitative estimate of drug-likeness (QED) is 0.655. The molecular weight excluding hydrogens is 416 g/mol. The molecule has 9 heteroatoms. The van der Waals surface area contributed by atoms with Crippen molar-refractivity contribution in [3.05, 3.63) is 71.8 Å². The summed E-state index contributed by atoms with van der Waals surface area (Å²) in [6.07, 6.45) is 4.17. The minimum atomic E-state index is -0.723. The number of nitrogens with zero attached hydrogens (tertiary/aromatic N) is 4. The van der Waals surface area contributed by atoms with Gasteiger partial charge >= 0.3 is 0 Å². The van der Waals surface area contributed by atoms with Crippen LogP contribution in [0.15, 0.2) is 48.9 Å². The Kier molecular flexibility index (Phi) is 6.03. The van der Waals surface area contributed by atoms with Gasteiger partial charge in [0.25, 0.3) is 5.91 Å². The molecule has 2 heterocycles. The molecule has 1 N–H and O–H groups in total. The number of hydrogen-bond acceptors (Lipinski definition) is 5. The van der Waals surface area contributed by atoms with Gasteiger partial charge in [0, 0.05) is 45.2 Å². The van der Waals surface area contributed by atoms with E-state index in [0.717, 1.165) is 11.8 Å². The summed E-state index contributed by atoms with van der Waals surface area (Å²) in [5.74, 6) is -1.71. The molecule has 1 aliphatic rings. The van der Waals surface area contributed by atoms with Crippen LogP contribution in [0.4, 0.5) is 20.2 Å². The van der Waals surface area contributed by atoms with E-state index in [0.29, 0.717) is 37.2 Å². The molecule has 3 aromatic rings. The Labute approximate surface area is 183 Å². The standard InChI is InChI=1S/C23H21F2N5O2/c1-29-13-20(27-14-29)23(31)28-19-10-15(12-26)2-4-21(19)30-8-6-17(7-9-30)32-22-5-3-16(24)11-18(22)25/h2-5,10-11,13-14,17H,6-9H2,1H3,(H,28,31). The zero-order valence-corrected chi connectivity index (χ0v) is 17.4. The van der Waals surface area contributed by atoms with Crippen LogP contribution in [-0.4, -0.2) is 34.7 Å². The van der Waals surface area contributed by atoms with E-state index < -0.39 is 11.6 Å². The van der Waals surface area contributed by atoms with Crippen LogP contribution < -0.4 is 15.0 Å². The molecule has 1 amide bonds.